The van der Waals surface area contributed by atoms with Gasteiger partial charge in [-0.05, 0) is 19.1 Å². The molecule has 2 amide bonds. The third-order valence-corrected chi connectivity index (χ3v) is 1.81. The van der Waals surface area contributed by atoms with Crippen LogP contribution in [-0.4, -0.2) is 36.9 Å². The van der Waals surface area contributed by atoms with E-state index in [2.05, 4.69) is 5.32 Å². The zero-order valence-electron chi connectivity index (χ0n) is 9.80. The molecule has 0 radical (unpaired) electrons. The van der Waals surface area contributed by atoms with Crippen molar-refractivity contribution in [2.75, 3.05) is 26.0 Å². The van der Waals surface area contributed by atoms with E-state index in [9.17, 15) is 4.79 Å². The predicted octanol–water partition coefficient (Wildman–Crippen LogP) is 1.95. The van der Waals surface area contributed by atoms with Crippen LogP contribution >= 0.6 is 0 Å². The maximum atomic E-state index is 11.8. The van der Waals surface area contributed by atoms with Crippen LogP contribution in [0.25, 0.3) is 0 Å². The van der Waals surface area contributed by atoms with Crippen LogP contribution in [0.1, 0.15) is 6.92 Å². The van der Waals surface area contributed by atoms with E-state index < -0.39 is 0 Å². The summed E-state index contributed by atoms with van der Waals surface area (Å²) in [6.07, 6.45) is 0. The quantitative estimate of drug-likeness (QED) is 0.793. The van der Waals surface area contributed by atoms with Crippen LogP contribution in [0, 0.1) is 0 Å². The number of carbonyl (C=O) groups excluding carboxylic acids is 1. The molecule has 0 aliphatic rings. The number of rotatable bonds is 4. The molecule has 0 saturated carbocycles. The first-order chi connectivity index (χ1) is 7.65. The molecule has 0 heterocycles. The summed E-state index contributed by atoms with van der Waals surface area (Å²) < 4.78 is 0. The third-order valence-electron chi connectivity index (χ3n) is 1.81. The molecule has 5 nitrogen and oxygen atoms in total. The van der Waals surface area contributed by atoms with Crippen molar-refractivity contribution in [3.8, 4) is 0 Å². The van der Waals surface area contributed by atoms with E-state index in [1.54, 1.807) is 19.1 Å². The van der Waals surface area contributed by atoms with E-state index in [-0.39, 0.29) is 6.03 Å². The van der Waals surface area contributed by atoms with Crippen LogP contribution < -0.4 is 5.32 Å². The fourth-order valence-corrected chi connectivity index (χ4v) is 1.17. The average Bonchev–Trinajstić information content (AvgIpc) is 2.26. The Kier molecular flexibility index (Phi) is 4.75. The number of hydrogen-bond donors (Lipinski definition) is 1. The summed E-state index contributed by atoms with van der Waals surface area (Å²) in [5.74, 6) is 0. The van der Waals surface area contributed by atoms with E-state index in [4.69, 9.17) is 4.84 Å². The number of nitrogens with one attached hydrogen (secondary N) is 1. The molecule has 0 spiro atoms. The van der Waals surface area contributed by atoms with E-state index in [1.807, 2.05) is 37.3 Å². The minimum atomic E-state index is -0.321. The first-order valence-corrected chi connectivity index (χ1v) is 5.11. The Bertz CT molecular complexity index is 327. The lowest BCUT2D eigenvalue weighted by Gasteiger charge is -2.26. The highest BCUT2D eigenvalue weighted by molar-refractivity contribution is 5.88. The van der Waals surface area contributed by atoms with Crippen LogP contribution in [0.3, 0.4) is 0 Å². The van der Waals surface area contributed by atoms with Crippen molar-refractivity contribution in [3.63, 3.8) is 0 Å². The van der Waals surface area contributed by atoms with Gasteiger partial charge in [0, 0.05) is 19.8 Å². The maximum absolute atomic E-state index is 11.8. The van der Waals surface area contributed by atoms with Gasteiger partial charge in [0.25, 0.3) is 0 Å². The molecule has 0 aliphatic heterocycles. The maximum Gasteiger partial charge on any atom is 0.361 e. The third kappa shape index (κ3) is 3.52. The SMILES string of the molecule is CCON(C(=O)Nc1ccccc1)N(C)C. The minimum Gasteiger partial charge on any atom is -0.305 e. The highest BCUT2D eigenvalue weighted by Crippen LogP contribution is 2.07. The average molecular weight is 223 g/mol. The molecule has 1 N–H and O–H groups in total. The van der Waals surface area contributed by atoms with Gasteiger partial charge in [-0.2, -0.15) is 5.01 Å². The molecule has 0 saturated heterocycles. The lowest BCUT2D eigenvalue weighted by Crippen LogP contribution is -2.44. The first-order valence-electron chi connectivity index (χ1n) is 5.11. The Hall–Kier alpha value is -1.59. The van der Waals surface area contributed by atoms with E-state index in [0.29, 0.717) is 6.61 Å². The van der Waals surface area contributed by atoms with Gasteiger partial charge in [0.1, 0.15) is 0 Å². The highest BCUT2D eigenvalue weighted by atomic mass is 16.7. The lowest BCUT2D eigenvalue weighted by molar-refractivity contribution is -0.217. The van der Waals surface area contributed by atoms with Crippen molar-refractivity contribution in [2.45, 2.75) is 6.92 Å². The van der Waals surface area contributed by atoms with Gasteiger partial charge in [-0.25, -0.2) is 4.79 Å². The van der Waals surface area contributed by atoms with Gasteiger partial charge in [-0.1, -0.05) is 18.2 Å². The first kappa shape index (κ1) is 12.5. The van der Waals surface area contributed by atoms with Gasteiger partial charge in [-0.3, -0.25) is 4.84 Å². The number of benzene rings is 1. The monoisotopic (exact) mass is 223 g/mol. The Balaban J connectivity index is 2.62. The molecule has 0 aliphatic carbocycles. The molecule has 0 atom stereocenters. The Morgan fingerprint density at radius 2 is 1.94 bits per heavy atom. The second-order valence-corrected chi connectivity index (χ2v) is 3.33. The summed E-state index contributed by atoms with van der Waals surface area (Å²) in [5, 5.41) is 5.47. The smallest absolute Gasteiger partial charge is 0.305 e. The summed E-state index contributed by atoms with van der Waals surface area (Å²) in [7, 11) is 3.47. The molecule has 0 aromatic heterocycles. The normalized spacial score (nSPS) is 10.2. The number of urea groups is 1. The van der Waals surface area contributed by atoms with E-state index >= 15 is 0 Å². The summed E-state index contributed by atoms with van der Waals surface area (Å²) in [4.78, 5) is 17.0. The molecule has 0 unspecified atom stereocenters. The largest absolute Gasteiger partial charge is 0.361 e. The number of carbonyl (C=O) groups is 1. The van der Waals surface area contributed by atoms with Gasteiger partial charge in [0.2, 0.25) is 0 Å². The van der Waals surface area contributed by atoms with Gasteiger partial charge in [0.15, 0.2) is 0 Å². The molecular formula is C11H17N3O2. The van der Waals surface area contributed by atoms with Gasteiger partial charge >= 0.3 is 6.03 Å². The van der Waals surface area contributed by atoms with Crippen LogP contribution in [0.15, 0.2) is 30.3 Å². The van der Waals surface area contributed by atoms with Crippen molar-refractivity contribution >= 4 is 11.7 Å². The number of para-hydroxylation sites is 1. The van der Waals surface area contributed by atoms with Crippen LogP contribution in [-0.2, 0) is 4.84 Å². The van der Waals surface area contributed by atoms with Crippen LogP contribution in [0.5, 0.6) is 0 Å². The molecule has 16 heavy (non-hydrogen) atoms. The second-order valence-electron chi connectivity index (χ2n) is 3.33. The zero-order valence-corrected chi connectivity index (χ0v) is 9.80. The fraction of sp³-hybridized carbons (Fsp3) is 0.364. The van der Waals surface area contributed by atoms with Gasteiger partial charge < -0.3 is 5.32 Å². The van der Waals surface area contributed by atoms with Crippen LogP contribution in [0.2, 0.25) is 0 Å². The summed E-state index contributed by atoms with van der Waals surface area (Å²) in [6.45, 7) is 2.26. The fourth-order valence-electron chi connectivity index (χ4n) is 1.17. The van der Waals surface area contributed by atoms with Crippen molar-refractivity contribution < 1.29 is 9.63 Å². The number of amides is 2. The summed E-state index contributed by atoms with van der Waals surface area (Å²) in [5.41, 5.74) is 0.735. The Labute approximate surface area is 95.5 Å². The predicted molar refractivity (Wildman–Crippen MR) is 62.6 cm³/mol. The molecule has 1 rings (SSSR count). The van der Waals surface area contributed by atoms with Crippen molar-refractivity contribution in [1.29, 1.82) is 0 Å². The number of hydrogen-bond acceptors (Lipinski definition) is 3. The van der Waals surface area contributed by atoms with Crippen molar-refractivity contribution in [2.24, 2.45) is 0 Å². The number of hydrazine groups is 1. The molecule has 0 fully saturated rings. The highest BCUT2D eigenvalue weighted by Gasteiger charge is 2.16. The number of nitrogens with zero attached hydrogens (tertiary/aromatic N) is 2. The van der Waals surface area contributed by atoms with Gasteiger partial charge in [-0.15, -0.1) is 5.17 Å². The van der Waals surface area contributed by atoms with Gasteiger partial charge in [0.05, 0.1) is 6.61 Å². The molecule has 5 heteroatoms. The van der Waals surface area contributed by atoms with E-state index in [1.165, 1.54) is 5.17 Å². The van der Waals surface area contributed by atoms with Crippen LogP contribution in [0.4, 0.5) is 10.5 Å². The number of hydroxylamine groups is 1. The molecule has 88 valence electrons. The van der Waals surface area contributed by atoms with E-state index in [0.717, 1.165) is 5.69 Å². The second kappa shape index (κ2) is 6.09. The molecule has 1 aromatic rings. The van der Waals surface area contributed by atoms with Crippen molar-refractivity contribution in [3.05, 3.63) is 30.3 Å². The summed E-state index contributed by atoms with van der Waals surface area (Å²) >= 11 is 0. The van der Waals surface area contributed by atoms with Crippen molar-refractivity contribution in [1.82, 2.24) is 10.2 Å². The molecule has 1 aromatic carbocycles. The summed E-state index contributed by atoms with van der Waals surface area (Å²) in [6, 6.07) is 8.92. The topological polar surface area (TPSA) is 44.8 Å². The Morgan fingerprint density at radius 1 is 1.31 bits per heavy atom. The Morgan fingerprint density at radius 3 is 2.44 bits per heavy atom. The zero-order chi connectivity index (χ0) is 12.0. The lowest BCUT2D eigenvalue weighted by atomic mass is 10.3. The standard InChI is InChI=1S/C11H17N3O2/c1-4-16-14(13(2)3)11(15)12-10-8-6-5-7-9-10/h5-9H,4H2,1-3H3,(H,12,15). The molecule has 0 bridgehead atoms. The number of anilines is 1. The molecular weight excluding hydrogens is 206 g/mol. The minimum absolute atomic E-state index is 0.321.